The van der Waals surface area contributed by atoms with Crippen LogP contribution in [0.3, 0.4) is 0 Å². The van der Waals surface area contributed by atoms with Gasteiger partial charge in [0.1, 0.15) is 0 Å². The highest BCUT2D eigenvalue weighted by molar-refractivity contribution is 5.99. The maximum atomic E-state index is 12.7. The Bertz CT molecular complexity index is 824. The second-order valence-corrected chi connectivity index (χ2v) is 7.47. The molecule has 0 bridgehead atoms. The molecule has 2 aromatic carbocycles. The minimum atomic E-state index is -0.410. The number of allylic oxidation sites excluding steroid dienone is 2. The van der Waals surface area contributed by atoms with Crippen LogP contribution in [0, 0.1) is 11.8 Å². The lowest BCUT2D eigenvalue weighted by Crippen LogP contribution is -2.35. The number of fused-ring (bicyclic) bond motifs is 1. The van der Waals surface area contributed by atoms with Crippen LogP contribution < -0.4 is 0 Å². The third-order valence-corrected chi connectivity index (χ3v) is 6.22. The second kappa shape index (κ2) is 5.94. The number of esters is 2. The van der Waals surface area contributed by atoms with E-state index >= 15 is 0 Å². The first-order chi connectivity index (χ1) is 12.8. The molecule has 1 heterocycles. The molecule has 0 N–H and O–H groups in total. The summed E-state index contributed by atoms with van der Waals surface area (Å²) in [4.78, 5) is 25.4. The van der Waals surface area contributed by atoms with Crippen LogP contribution in [0.25, 0.3) is 0 Å². The van der Waals surface area contributed by atoms with Gasteiger partial charge in [-0.2, -0.15) is 0 Å². The zero-order valence-electron chi connectivity index (χ0n) is 14.4. The number of carbonyl (C=O) groups excluding carboxylic acids is 2. The Kier molecular flexibility index (Phi) is 3.56. The average molecular weight is 344 g/mol. The molecule has 0 saturated carbocycles. The normalized spacial score (nSPS) is 30.2. The van der Waals surface area contributed by atoms with Gasteiger partial charge in [-0.1, -0.05) is 71.8 Å². The third-order valence-electron chi connectivity index (χ3n) is 6.22. The fourth-order valence-corrected chi connectivity index (χ4v) is 5.29. The van der Waals surface area contributed by atoms with Crippen LogP contribution in [0.1, 0.15) is 42.2 Å². The fraction of sp³-hybridized carbons (Fsp3) is 0.304. The summed E-state index contributed by atoms with van der Waals surface area (Å²) in [5, 5.41) is 0. The number of hydrogen-bond acceptors (Lipinski definition) is 3. The van der Waals surface area contributed by atoms with E-state index in [0.29, 0.717) is 0 Å². The minimum absolute atomic E-state index is 0.0300. The Labute approximate surface area is 152 Å². The minimum Gasteiger partial charge on any atom is -0.393 e. The Morgan fingerprint density at radius 3 is 1.50 bits per heavy atom. The molecule has 130 valence electrons. The summed E-state index contributed by atoms with van der Waals surface area (Å²) in [6.45, 7) is 0. The van der Waals surface area contributed by atoms with Crippen molar-refractivity contribution in [3.05, 3.63) is 82.9 Å². The molecule has 3 nitrogen and oxygen atoms in total. The maximum Gasteiger partial charge on any atom is 0.318 e. The molecule has 5 rings (SSSR count). The molecule has 2 aromatic rings. The molecule has 0 amide bonds. The molecule has 2 aliphatic carbocycles. The van der Waals surface area contributed by atoms with E-state index in [2.05, 4.69) is 24.3 Å². The van der Waals surface area contributed by atoms with Crippen LogP contribution in [-0.4, -0.2) is 11.9 Å². The van der Waals surface area contributed by atoms with Gasteiger partial charge >= 0.3 is 11.9 Å². The Morgan fingerprint density at radius 2 is 1.08 bits per heavy atom. The van der Waals surface area contributed by atoms with Gasteiger partial charge in [-0.3, -0.25) is 9.59 Å². The number of hydrogen-bond donors (Lipinski definition) is 0. The molecule has 0 radical (unpaired) electrons. The lowest BCUT2D eigenvalue weighted by molar-refractivity contribution is -0.153. The standard InChI is InChI=1S/C23H20O3/c24-22-20-18(14-8-3-1-4-9-14)16-12-7-13-17(16)19(21(20)23(25)26-22)15-10-5-2-6-11-15/h1-6,8-11,18-21H,7,12-13H2/t18-,19+,20+,21-. The van der Waals surface area contributed by atoms with Crippen molar-refractivity contribution in [3.63, 3.8) is 0 Å². The smallest absolute Gasteiger partial charge is 0.318 e. The zero-order chi connectivity index (χ0) is 17.7. The third kappa shape index (κ3) is 2.20. The van der Waals surface area contributed by atoms with Gasteiger partial charge in [-0.25, -0.2) is 0 Å². The summed E-state index contributed by atoms with van der Waals surface area (Å²) in [7, 11) is 0. The molecular weight excluding hydrogens is 324 g/mol. The summed E-state index contributed by atoms with van der Waals surface area (Å²) in [6, 6.07) is 20.3. The van der Waals surface area contributed by atoms with Crippen molar-refractivity contribution in [3.8, 4) is 0 Å². The van der Waals surface area contributed by atoms with E-state index < -0.39 is 11.8 Å². The van der Waals surface area contributed by atoms with Gasteiger partial charge in [0, 0.05) is 11.8 Å². The SMILES string of the molecule is O=C1OC(=O)[C@H]2[C@@H]1[C@H](c1ccccc1)C1=C(CCC1)[C@@H]2c1ccccc1. The van der Waals surface area contributed by atoms with Crippen molar-refractivity contribution in [2.24, 2.45) is 11.8 Å². The van der Waals surface area contributed by atoms with Crippen molar-refractivity contribution < 1.29 is 14.3 Å². The number of carbonyl (C=O) groups is 2. The molecule has 4 atom stereocenters. The average Bonchev–Trinajstić information content (AvgIpc) is 3.26. The van der Waals surface area contributed by atoms with E-state index in [1.807, 2.05) is 36.4 Å². The van der Waals surface area contributed by atoms with Crippen LogP contribution in [0.5, 0.6) is 0 Å². The van der Waals surface area contributed by atoms with Crippen molar-refractivity contribution in [2.45, 2.75) is 31.1 Å². The van der Waals surface area contributed by atoms with Gasteiger partial charge in [0.2, 0.25) is 0 Å². The number of cyclic esters (lactones) is 2. The first kappa shape index (κ1) is 15.6. The first-order valence-electron chi connectivity index (χ1n) is 9.33. The summed E-state index contributed by atoms with van der Waals surface area (Å²) in [5.74, 6) is -1.59. The van der Waals surface area contributed by atoms with E-state index in [1.54, 1.807) is 0 Å². The molecule has 0 aromatic heterocycles. The molecule has 3 heteroatoms. The molecule has 1 saturated heterocycles. The summed E-state index contributed by atoms with van der Waals surface area (Å²) in [5.41, 5.74) is 4.96. The molecule has 3 aliphatic rings. The molecule has 1 fully saturated rings. The monoisotopic (exact) mass is 344 g/mol. The zero-order valence-corrected chi connectivity index (χ0v) is 14.4. The topological polar surface area (TPSA) is 43.4 Å². The lowest BCUT2D eigenvalue weighted by Gasteiger charge is -2.38. The van der Waals surface area contributed by atoms with Crippen LogP contribution in [0.15, 0.2) is 71.8 Å². The predicted molar refractivity (Wildman–Crippen MR) is 97.3 cm³/mol. The van der Waals surface area contributed by atoms with Crippen LogP contribution in [-0.2, 0) is 14.3 Å². The van der Waals surface area contributed by atoms with Gasteiger partial charge in [-0.05, 0) is 30.4 Å². The van der Waals surface area contributed by atoms with Crippen LogP contribution in [0.4, 0.5) is 0 Å². The largest absolute Gasteiger partial charge is 0.393 e. The second-order valence-electron chi connectivity index (χ2n) is 7.47. The summed E-state index contributed by atoms with van der Waals surface area (Å²) >= 11 is 0. The van der Waals surface area contributed by atoms with Crippen molar-refractivity contribution in [1.82, 2.24) is 0 Å². The molecule has 26 heavy (non-hydrogen) atoms. The lowest BCUT2D eigenvalue weighted by atomic mass is 9.62. The molecule has 0 unspecified atom stereocenters. The van der Waals surface area contributed by atoms with E-state index in [4.69, 9.17) is 4.74 Å². The quantitative estimate of drug-likeness (QED) is 0.462. The van der Waals surface area contributed by atoms with Gasteiger partial charge in [0.25, 0.3) is 0 Å². The Morgan fingerprint density at radius 1 is 0.654 bits per heavy atom. The summed E-state index contributed by atoms with van der Waals surface area (Å²) < 4.78 is 5.17. The Hall–Kier alpha value is -2.68. The van der Waals surface area contributed by atoms with Crippen molar-refractivity contribution in [2.75, 3.05) is 0 Å². The Balaban J connectivity index is 1.73. The fourth-order valence-electron chi connectivity index (χ4n) is 5.29. The van der Waals surface area contributed by atoms with Crippen LogP contribution in [0.2, 0.25) is 0 Å². The van der Waals surface area contributed by atoms with Crippen LogP contribution >= 0.6 is 0 Å². The van der Waals surface area contributed by atoms with Crippen molar-refractivity contribution in [1.29, 1.82) is 0 Å². The molecule has 0 spiro atoms. The van der Waals surface area contributed by atoms with E-state index in [1.165, 1.54) is 11.1 Å². The number of benzene rings is 2. The molecule has 1 aliphatic heterocycles. The van der Waals surface area contributed by atoms with Gasteiger partial charge in [-0.15, -0.1) is 0 Å². The van der Waals surface area contributed by atoms with Crippen molar-refractivity contribution >= 4 is 11.9 Å². The number of ether oxygens (including phenoxy) is 1. The first-order valence-corrected chi connectivity index (χ1v) is 9.33. The van der Waals surface area contributed by atoms with Gasteiger partial charge in [0.05, 0.1) is 11.8 Å². The highest BCUT2D eigenvalue weighted by Crippen LogP contribution is 2.58. The van der Waals surface area contributed by atoms with E-state index in [9.17, 15) is 9.59 Å². The summed E-state index contributed by atoms with van der Waals surface area (Å²) in [6.07, 6.45) is 3.10. The number of rotatable bonds is 2. The predicted octanol–water partition coefficient (Wildman–Crippen LogP) is 4.36. The van der Waals surface area contributed by atoms with Gasteiger partial charge < -0.3 is 4.74 Å². The maximum absolute atomic E-state index is 12.7. The van der Waals surface area contributed by atoms with E-state index in [-0.39, 0.29) is 23.8 Å². The highest BCUT2D eigenvalue weighted by Gasteiger charge is 2.57. The van der Waals surface area contributed by atoms with E-state index in [0.717, 1.165) is 30.4 Å². The van der Waals surface area contributed by atoms with Gasteiger partial charge in [0.15, 0.2) is 0 Å². The highest BCUT2D eigenvalue weighted by atomic mass is 16.6. The molecular formula is C23H20O3.